The van der Waals surface area contributed by atoms with Crippen LogP contribution in [0.3, 0.4) is 0 Å². The van der Waals surface area contributed by atoms with Gasteiger partial charge in [0.1, 0.15) is 12.6 Å². The molecule has 5 aliphatic rings. The van der Waals surface area contributed by atoms with E-state index in [1.165, 1.54) is 0 Å². The highest BCUT2D eigenvalue weighted by atomic mass is 16.4. The van der Waals surface area contributed by atoms with Crippen LogP contribution in [0.4, 0.5) is 0 Å². The minimum Gasteiger partial charge on any atom is -0.480 e. The van der Waals surface area contributed by atoms with Crippen LogP contribution in [-0.4, -0.2) is 69.6 Å². The first-order valence-corrected chi connectivity index (χ1v) is 13.3. The minimum atomic E-state index is -0.982. The summed E-state index contributed by atoms with van der Waals surface area (Å²) >= 11 is 0. The van der Waals surface area contributed by atoms with Crippen molar-refractivity contribution in [2.45, 2.75) is 71.4 Å². The second-order valence-electron chi connectivity index (χ2n) is 12.2. The highest BCUT2D eigenvalue weighted by Crippen LogP contribution is 2.73. The molecular weight excluding hydrogens is 446 g/mol. The molecule has 0 bridgehead atoms. The number of aliphatic hydroxyl groups is 2. The molecule has 7 heteroatoms. The lowest BCUT2D eigenvalue weighted by atomic mass is 9.44. The van der Waals surface area contributed by atoms with E-state index >= 15 is 0 Å². The molecule has 3 N–H and O–H groups in total. The summed E-state index contributed by atoms with van der Waals surface area (Å²) < 4.78 is 0. The highest BCUT2D eigenvalue weighted by molar-refractivity contribution is 6.01. The first kappa shape index (κ1) is 24.8. The largest absolute Gasteiger partial charge is 0.480 e. The molecule has 0 aromatic carbocycles. The van der Waals surface area contributed by atoms with Gasteiger partial charge in [0.15, 0.2) is 11.6 Å². The van der Waals surface area contributed by atoms with Crippen molar-refractivity contribution in [2.24, 2.45) is 39.9 Å². The van der Waals surface area contributed by atoms with E-state index in [-0.39, 0.29) is 35.2 Å². The standard InChI is InChI=1S/C28H39NO6/c1-4-5-10-29-15-28(22(33)14-30)20(24(29)25(34)35)12-19-18-7-6-16-11-17(31)8-9-26(16,2)23(18)21(32)13-27(19,28)3/h8-9,11,18-21,23-24,30,32H,4-7,10,12-15H2,1-3H3,(H,34,35)/t18-,19-,20-,21-,23+,24?,26-,27-,28+/m0/s1. The zero-order valence-electron chi connectivity index (χ0n) is 21.1. The van der Waals surface area contributed by atoms with Crippen LogP contribution in [0.2, 0.25) is 0 Å². The molecule has 1 aliphatic heterocycles. The van der Waals surface area contributed by atoms with Crippen molar-refractivity contribution in [1.82, 2.24) is 4.90 Å². The third-order valence-corrected chi connectivity index (χ3v) is 11.0. The van der Waals surface area contributed by atoms with Crippen LogP contribution in [0.15, 0.2) is 23.8 Å². The molecule has 0 amide bonds. The second-order valence-corrected chi connectivity index (χ2v) is 12.2. The molecule has 35 heavy (non-hydrogen) atoms. The zero-order valence-corrected chi connectivity index (χ0v) is 21.1. The maximum Gasteiger partial charge on any atom is 0.321 e. The number of carbonyl (C=O) groups is 3. The average molecular weight is 486 g/mol. The number of carbonyl (C=O) groups excluding carboxylic acids is 2. The minimum absolute atomic E-state index is 0.00886. The number of unbranched alkanes of at least 4 members (excludes halogenated alkanes) is 1. The van der Waals surface area contributed by atoms with Gasteiger partial charge < -0.3 is 15.3 Å². The van der Waals surface area contributed by atoms with Crippen LogP contribution < -0.4 is 0 Å². The molecule has 7 nitrogen and oxygen atoms in total. The summed E-state index contributed by atoms with van der Waals surface area (Å²) in [4.78, 5) is 40.3. The molecule has 0 aromatic heterocycles. The predicted octanol–water partition coefficient (Wildman–Crippen LogP) is 2.61. The molecule has 3 saturated carbocycles. The van der Waals surface area contributed by atoms with Gasteiger partial charge in [0, 0.05) is 17.9 Å². The van der Waals surface area contributed by atoms with Crippen LogP contribution in [0.25, 0.3) is 0 Å². The lowest BCUT2D eigenvalue weighted by Gasteiger charge is -2.60. The second kappa shape index (κ2) is 8.35. The number of carboxylic acids is 1. The summed E-state index contributed by atoms with van der Waals surface area (Å²) in [6, 6.07) is -0.753. The maximum atomic E-state index is 13.6. The molecule has 192 valence electrons. The maximum absolute atomic E-state index is 13.6. The number of aliphatic carboxylic acids is 1. The van der Waals surface area contributed by atoms with Gasteiger partial charge in [-0.2, -0.15) is 0 Å². The van der Waals surface area contributed by atoms with Crippen LogP contribution in [0, 0.1) is 39.9 Å². The number of hydrogen-bond donors (Lipinski definition) is 3. The number of ketones is 2. The Morgan fingerprint density at radius 1 is 1.23 bits per heavy atom. The summed E-state index contributed by atoms with van der Waals surface area (Å²) in [6.07, 6.45) is 9.01. The van der Waals surface area contributed by atoms with Gasteiger partial charge in [-0.15, -0.1) is 0 Å². The van der Waals surface area contributed by atoms with Crippen LogP contribution in [0.1, 0.15) is 59.3 Å². The molecule has 1 heterocycles. The number of fused-ring (bicyclic) bond motifs is 7. The van der Waals surface area contributed by atoms with Crippen molar-refractivity contribution in [3.63, 3.8) is 0 Å². The average Bonchev–Trinajstić information content (AvgIpc) is 3.27. The zero-order chi connectivity index (χ0) is 25.3. The predicted molar refractivity (Wildman–Crippen MR) is 129 cm³/mol. The Bertz CT molecular complexity index is 1000. The Labute approximate surface area is 207 Å². The quantitative estimate of drug-likeness (QED) is 0.530. The smallest absolute Gasteiger partial charge is 0.321 e. The van der Waals surface area contributed by atoms with Crippen LogP contribution in [-0.2, 0) is 14.4 Å². The van der Waals surface area contributed by atoms with E-state index in [1.54, 1.807) is 12.2 Å². The van der Waals surface area contributed by atoms with Gasteiger partial charge in [-0.25, -0.2) is 0 Å². The van der Waals surface area contributed by atoms with E-state index in [9.17, 15) is 29.7 Å². The Hall–Kier alpha value is -1.83. The van der Waals surface area contributed by atoms with Crippen molar-refractivity contribution in [3.8, 4) is 0 Å². The number of hydrogen-bond acceptors (Lipinski definition) is 6. The van der Waals surface area contributed by atoms with Gasteiger partial charge in [0.2, 0.25) is 0 Å². The number of likely N-dealkylation sites (tertiary alicyclic amines) is 1. The Morgan fingerprint density at radius 2 is 1.97 bits per heavy atom. The molecule has 0 spiro atoms. The van der Waals surface area contributed by atoms with Crippen molar-refractivity contribution < 1.29 is 29.7 Å². The third kappa shape index (κ3) is 3.17. The number of carboxylic acid groups (broad SMARTS) is 1. The van der Waals surface area contributed by atoms with Crippen molar-refractivity contribution in [2.75, 3.05) is 19.7 Å². The SMILES string of the molecule is CCCCN1C[C@]2(C(=O)CO)[C@@H](C[C@H]3[C@@H]4CCC5=CC(=O)C=C[C@]5(C)[C@H]4[C@@H](O)C[C@@]32C)C1C(=O)O. The first-order chi connectivity index (χ1) is 16.5. The Morgan fingerprint density at radius 3 is 2.63 bits per heavy atom. The Balaban J connectivity index is 1.59. The molecule has 4 fully saturated rings. The molecule has 1 unspecified atom stereocenters. The normalized spacial score (nSPS) is 46.4. The molecule has 9 atom stereocenters. The summed E-state index contributed by atoms with van der Waals surface area (Å²) in [5.74, 6) is -1.44. The van der Waals surface area contributed by atoms with E-state index in [4.69, 9.17) is 0 Å². The van der Waals surface area contributed by atoms with Crippen molar-refractivity contribution in [3.05, 3.63) is 23.8 Å². The molecule has 4 aliphatic carbocycles. The lowest BCUT2D eigenvalue weighted by molar-refractivity contribution is -0.159. The lowest BCUT2D eigenvalue weighted by Crippen LogP contribution is -2.60. The Kier molecular flexibility index (Phi) is 5.93. The van der Waals surface area contributed by atoms with E-state index in [2.05, 4.69) is 20.8 Å². The first-order valence-electron chi connectivity index (χ1n) is 13.3. The highest BCUT2D eigenvalue weighted by Gasteiger charge is 2.75. The number of aliphatic hydroxyl groups excluding tert-OH is 2. The van der Waals surface area contributed by atoms with Gasteiger partial charge in [0.05, 0.1) is 11.5 Å². The van der Waals surface area contributed by atoms with Crippen molar-refractivity contribution >= 4 is 17.5 Å². The van der Waals surface area contributed by atoms with E-state index in [0.29, 0.717) is 25.9 Å². The summed E-state index contributed by atoms with van der Waals surface area (Å²) in [7, 11) is 0. The van der Waals surface area contributed by atoms with Gasteiger partial charge >= 0.3 is 5.97 Å². The summed E-state index contributed by atoms with van der Waals surface area (Å²) in [5, 5.41) is 32.1. The molecule has 0 aromatic rings. The monoisotopic (exact) mass is 485 g/mol. The summed E-state index contributed by atoms with van der Waals surface area (Å²) in [5.41, 5.74) is -0.923. The molecule has 1 saturated heterocycles. The number of Topliss-reactive ketones (excluding diaryl/α,β-unsaturated/α-hetero) is 1. The number of nitrogens with zero attached hydrogens (tertiary/aromatic N) is 1. The van der Waals surface area contributed by atoms with Crippen LogP contribution >= 0.6 is 0 Å². The summed E-state index contributed by atoms with van der Waals surface area (Å²) in [6.45, 7) is 6.61. The molecule has 5 rings (SSSR count). The fourth-order valence-corrected chi connectivity index (χ4v) is 9.55. The molecular formula is C28H39NO6. The number of allylic oxidation sites excluding steroid dienone is 4. The number of rotatable bonds is 6. The van der Waals surface area contributed by atoms with Gasteiger partial charge in [-0.3, -0.25) is 19.3 Å². The van der Waals surface area contributed by atoms with E-state index in [1.807, 2.05) is 11.0 Å². The third-order valence-electron chi connectivity index (χ3n) is 11.0. The van der Waals surface area contributed by atoms with E-state index in [0.717, 1.165) is 31.3 Å². The van der Waals surface area contributed by atoms with Crippen LogP contribution in [0.5, 0.6) is 0 Å². The fraction of sp³-hybridized carbons (Fsp3) is 0.750. The van der Waals surface area contributed by atoms with Crippen molar-refractivity contribution in [1.29, 1.82) is 0 Å². The molecule has 0 radical (unpaired) electrons. The van der Waals surface area contributed by atoms with E-state index < -0.39 is 41.0 Å². The fourth-order valence-electron chi connectivity index (χ4n) is 9.55. The van der Waals surface area contributed by atoms with Gasteiger partial charge in [-0.1, -0.05) is 38.8 Å². The van der Waals surface area contributed by atoms with Gasteiger partial charge in [0.25, 0.3) is 0 Å². The van der Waals surface area contributed by atoms with Gasteiger partial charge in [-0.05, 0) is 74.0 Å². The topological polar surface area (TPSA) is 115 Å².